The van der Waals surface area contributed by atoms with Crippen molar-refractivity contribution in [3.05, 3.63) is 35.4 Å². The van der Waals surface area contributed by atoms with Crippen LogP contribution in [0.1, 0.15) is 50.2 Å². The van der Waals surface area contributed by atoms with Crippen LogP contribution in [0.5, 0.6) is 0 Å². The number of aryl methyl sites for hydroxylation is 1. The maximum atomic E-state index is 11.7. The van der Waals surface area contributed by atoms with Gasteiger partial charge in [-0.15, -0.1) is 0 Å². The third kappa shape index (κ3) is 3.84. The molecule has 2 nitrogen and oxygen atoms in total. The van der Waals surface area contributed by atoms with Gasteiger partial charge in [0.1, 0.15) is 0 Å². The summed E-state index contributed by atoms with van der Waals surface area (Å²) >= 11 is 0. The van der Waals surface area contributed by atoms with E-state index < -0.39 is 5.97 Å². The molecule has 3 unspecified atom stereocenters. The summed E-state index contributed by atoms with van der Waals surface area (Å²) in [6, 6.07) is 8.30. The van der Waals surface area contributed by atoms with Gasteiger partial charge in [-0.3, -0.25) is 4.79 Å². The SMILES string of the molecule is CCC1CCCC(C(Cc2ccc(C)cc2)C(=O)O)C1. The predicted octanol–water partition coefficient (Wildman–Crippen LogP) is 4.45. The Kier molecular flexibility index (Phi) is 5.22. The number of aliphatic carboxylic acids is 1. The van der Waals surface area contributed by atoms with E-state index in [0.29, 0.717) is 12.3 Å². The van der Waals surface area contributed by atoms with Gasteiger partial charge in [-0.1, -0.05) is 56.0 Å². The van der Waals surface area contributed by atoms with E-state index >= 15 is 0 Å². The van der Waals surface area contributed by atoms with Crippen molar-refractivity contribution in [3.8, 4) is 0 Å². The van der Waals surface area contributed by atoms with Crippen molar-refractivity contribution >= 4 is 5.97 Å². The molecular formula is C18H26O2. The molecular weight excluding hydrogens is 248 g/mol. The Morgan fingerprint density at radius 3 is 2.60 bits per heavy atom. The Morgan fingerprint density at radius 2 is 2.00 bits per heavy atom. The van der Waals surface area contributed by atoms with Crippen LogP contribution in [0.2, 0.25) is 0 Å². The van der Waals surface area contributed by atoms with Crippen molar-refractivity contribution in [2.45, 2.75) is 52.4 Å². The summed E-state index contributed by atoms with van der Waals surface area (Å²) in [5.41, 5.74) is 2.38. The lowest BCUT2D eigenvalue weighted by Crippen LogP contribution is -2.30. The topological polar surface area (TPSA) is 37.3 Å². The molecule has 0 saturated heterocycles. The van der Waals surface area contributed by atoms with Crippen LogP contribution in [0.15, 0.2) is 24.3 Å². The van der Waals surface area contributed by atoms with Crippen molar-refractivity contribution in [2.75, 3.05) is 0 Å². The first kappa shape index (κ1) is 15.1. The first-order chi connectivity index (χ1) is 9.60. The first-order valence-corrected chi connectivity index (χ1v) is 7.88. The lowest BCUT2D eigenvalue weighted by atomic mass is 9.72. The molecule has 20 heavy (non-hydrogen) atoms. The summed E-state index contributed by atoms with van der Waals surface area (Å²) in [5, 5.41) is 9.60. The number of hydrogen-bond donors (Lipinski definition) is 1. The van der Waals surface area contributed by atoms with Gasteiger partial charge in [0.25, 0.3) is 0 Å². The van der Waals surface area contributed by atoms with Gasteiger partial charge >= 0.3 is 5.97 Å². The minimum Gasteiger partial charge on any atom is -0.481 e. The summed E-state index contributed by atoms with van der Waals surface area (Å²) in [7, 11) is 0. The van der Waals surface area contributed by atoms with E-state index in [4.69, 9.17) is 0 Å². The molecule has 0 aromatic heterocycles. The van der Waals surface area contributed by atoms with Gasteiger partial charge in [0.15, 0.2) is 0 Å². The van der Waals surface area contributed by atoms with Crippen LogP contribution in [0.25, 0.3) is 0 Å². The predicted molar refractivity (Wildman–Crippen MR) is 81.7 cm³/mol. The smallest absolute Gasteiger partial charge is 0.307 e. The monoisotopic (exact) mass is 274 g/mol. The van der Waals surface area contributed by atoms with Gasteiger partial charge in [0, 0.05) is 0 Å². The number of rotatable bonds is 5. The molecule has 0 aliphatic heterocycles. The molecule has 3 atom stereocenters. The molecule has 110 valence electrons. The Balaban J connectivity index is 2.06. The van der Waals surface area contributed by atoms with Gasteiger partial charge in [-0.2, -0.15) is 0 Å². The molecule has 0 heterocycles. The third-order valence-corrected chi connectivity index (χ3v) is 4.86. The van der Waals surface area contributed by atoms with E-state index in [1.54, 1.807) is 0 Å². The third-order valence-electron chi connectivity index (χ3n) is 4.86. The second kappa shape index (κ2) is 6.92. The van der Waals surface area contributed by atoms with Crippen molar-refractivity contribution in [3.63, 3.8) is 0 Å². The largest absolute Gasteiger partial charge is 0.481 e. The number of carboxylic acids is 1. The Labute approximate surface area is 122 Å². The maximum absolute atomic E-state index is 11.7. The molecule has 1 aromatic carbocycles. The fourth-order valence-electron chi connectivity index (χ4n) is 3.50. The standard InChI is InChI=1S/C18H26O2/c1-3-14-5-4-6-16(11-14)17(18(19)20)12-15-9-7-13(2)8-10-15/h7-10,14,16-17H,3-6,11-12H2,1-2H3,(H,19,20). The molecule has 2 rings (SSSR count). The summed E-state index contributed by atoms with van der Waals surface area (Å²) in [6.07, 6.45) is 6.52. The zero-order chi connectivity index (χ0) is 14.5. The van der Waals surface area contributed by atoms with Crippen LogP contribution in [0.4, 0.5) is 0 Å². The van der Waals surface area contributed by atoms with E-state index in [9.17, 15) is 9.90 Å². The van der Waals surface area contributed by atoms with E-state index in [1.807, 2.05) is 0 Å². The van der Waals surface area contributed by atoms with E-state index in [-0.39, 0.29) is 5.92 Å². The molecule has 0 amide bonds. The fraction of sp³-hybridized carbons (Fsp3) is 0.611. The molecule has 1 aromatic rings. The number of carbonyl (C=O) groups is 1. The van der Waals surface area contributed by atoms with Gasteiger partial charge in [0.2, 0.25) is 0 Å². The average molecular weight is 274 g/mol. The van der Waals surface area contributed by atoms with Crippen LogP contribution in [0, 0.1) is 24.7 Å². The Morgan fingerprint density at radius 1 is 1.30 bits per heavy atom. The molecule has 1 N–H and O–H groups in total. The molecule has 1 fully saturated rings. The minimum absolute atomic E-state index is 0.216. The average Bonchev–Trinajstić information content (AvgIpc) is 2.46. The van der Waals surface area contributed by atoms with Crippen LogP contribution in [0.3, 0.4) is 0 Å². The zero-order valence-electron chi connectivity index (χ0n) is 12.6. The van der Waals surface area contributed by atoms with Crippen molar-refractivity contribution in [2.24, 2.45) is 17.8 Å². The molecule has 1 aliphatic carbocycles. The number of hydrogen-bond acceptors (Lipinski definition) is 1. The van der Waals surface area contributed by atoms with E-state index in [1.165, 1.54) is 24.8 Å². The Hall–Kier alpha value is -1.31. The van der Waals surface area contributed by atoms with E-state index in [0.717, 1.165) is 24.3 Å². The highest BCUT2D eigenvalue weighted by molar-refractivity contribution is 5.70. The van der Waals surface area contributed by atoms with Gasteiger partial charge in [0.05, 0.1) is 5.92 Å². The second-order valence-electron chi connectivity index (χ2n) is 6.34. The normalized spacial score (nSPS) is 24.3. The lowest BCUT2D eigenvalue weighted by Gasteiger charge is -2.32. The number of carboxylic acid groups (broad SMARTS) is 1. The number of benzene rings is 1. The van der Waals surface area contributed by atoms with Gasteiger partial charge in [-0.05, 0) is 43.6 Å². The zero-order valence-corrected chi connectivity index (χ0v) is 12.6. The molecule has 0 radical (unpaired) electrons. The van der Waals surface area contributed by atoms with Crippen LogP contribution < -0.4 is 0 Å². The second-order valence-corrected chi connectivity index (χ2v) is 6.34. The summed E-state index contributed by atoms with van der Waals surface area (Å²) in [6.45, 7) is 4.29. The highest BCUT2D eigenvalue weighted by atomic mass is 16.4. The molecule has 0 spiro atoms. The van der Waals surface area contributed by atoms with E-state index in [2.05, 4.69) is 38.1 Å². The van der Waals surface area contributed by atoms with Crippen LogP contribution in [-0.4, -0.2) is 11.1 Å². The van der Waals surface area contributed by atoms with Crippen molar-refractivity contribution in [1.29, 1.82) is 0 Å². The quantitative estimate of drug-likeness (QED) is 0.861. The van der Waals surface area contributed by atoms with Gasteiger partial charge < -0.3 is 5.11 Å². The highest BCUT2D eigenvalue weighted by Gasteiger charge is 2.32. The lowest BCUT2D eigenvalue weighted by molar-refractivity contribution is -0.144. The highest BCUT2D eigenvalue weighted by Crippen LogP contribution is 2.36. The fourth-order valence-corrected chi connectivity index (χ4v) is 3.50. The molecule has 1 saturated carbocycles. The van der Waals surface area contributed by atoms with Crippen molar-refractivity contribution < 1.29 is 9.90 Å². The van der Waals surface area contributed by atoms with Crippen LogP contribution in [-0.2, 0) is 11.2 Å². The summed E-state index contributed by atoms with van der Waals surface area (Å²) < 4.78 is 0. The Bertz CT molecular complexity index is 435. The molecule has 2 heteroatoms. The van der Waals surface area contributed by atoms with Crippen LogP contribution >= 0.6 is 0 Å². The van der Waals surface area contributed by atoms with Crippen molar-refractivity contribution in [1.82, 2.24) is 0 Å². The maximum Gasteiger partial charge on any atom is 0.307 e. The molecule has 0 bridgehead atoms. The summed E-state index contributed by atoms with van der Waals surface area (Å²) in [4.78, 5) is 11.7. The van der Waals surface area contributed by atoms with Gasteiger partial charge in [-0.25, -0.2) is 0 Å². The first-order valence-electron chi connectivity index (χ1n) is 7.88. The molecule has 1 aliphatic rings. The minimum atomic E-state index is -0.618. The summed E-state index contributed by atoms with van der Waals surface area (Å²) in [5.74, 6) is 0.250.